The number of piperidine rings is 1. The minimum Gasteiger partial charge on any atom is -0.353 e. The molecule has 1 spiro atoms. The van der Waals surface area contributed by atoms with Crippen LogP contribution < -0.4 is 10.6 Å². The Kier molecular flexibility index (Phi) is 3.56. The molecule has 1 aliphatic heterocycles. The third-order valence-corrected chi connectivity index (χ3v) is 6.40. The van der Waals surface area contributed by atoms with Gasteiger partial charge in [0.05, 0.1) is 0 Å². The fraction of sp³-hybridized carbons (Fsp3) is 0.833. The van der Waals surface area contributed by atoms with Gasteiger partial charge in [0.25, 0.3) is 0 Å². The normalized spacial score (nSPS) is 40.6. The van der Waals surface area contributed by atoms with Gasteiger partial charge in [-0.1, -0.05) is 31.4 Å². The predicted molar refractivity (Wildman–Crippen MR) is 83.8 cm³/mol. The predicted octanol–water partition coefficient (Wildman–Crippen LogP) is 2.77. The SMILES string of the molecule is O=C(NC1CCNC2(CCCCC2)C1)C1CC2C=CC1C2. The zero-order valence-corrected chi connectivity index (χ0v) is 12.9. The smallest absolute Gasteiger partial charge is 0.223 e. The van der Waals surface area contributed by atoms with Gasteiger partial charge in [-0.05, 0) is 56.9 Å². The summed E-state index contributed by atoms with van der Waals surface area (Å²) in [5.74, 6) is 1.81. The molecule has 4 atom stereocenters. The molecule has 3 aliphatic carbocycles. The molecule has 0 aromatic heterocycles. The summed E-state index contributed by atoms with van der Waals surface area (Å²) in [4.78, 5) is 12.6. The molecule has 21 heavy (non-hydrogen) atoms. The molecular weight excluding hydrogens is 260 g/mol. The molecule has 4 rings (SSSR count). The fourth-order valence-corrected chi connectivity index (χ4v) is 5.28. The maximum atomic E-state index is 12.6. The van der Waals surface area contributed by atoms with Crippen LogP contribution in [-0.4, -0.2) is 24.0 Å². The zero-order valence-electron chi connectivity index (χ0n) is 12.9. The van der Waals surface area contributed by atoms with Gasteiger partial charge in [0, 0.05) is 17.5 Å². The molecule has 0 aromatic carbocycles. The Bertz CT molecular complexity index is 433. The van der Waals surface area contributed by atoms with E-state index in [0.717, 1.165) is 25.8 Å². The number of rotatable bonds is 2. The van der Waals surface area contributed by atoms with Crippen molar-refractivity contribution in [1.82, 2.24) is 10.6 Å². The van der Waals surface area contributed by atoms with E-state index < -0.39 is 0 Å². The van der Waals surface area contributed by atoms with Crippen LogP contribution in [0.3, 0.4) is 0 Å². The average molecular weight is 288 g/mol. The summed E-state index contributed by atoms with van der Waals surface area (Å²) in [6, 6.07) is 0.403. The summed E-state index contributed by atoms with van der Waals surface area (Å²) in [5.41, 5.74) is 0.336. The lowest BCUT2D eigenvalue weighted by atomic mass is 9.74. The summed E-state index contributed by atoms with van der Waals surface area (Å²) in [5, 5.41) is 7.18. The molecule has 2 saturated carbocycles. The number of hydrogen-bond donors (Lipinski definition) is 2. The summed E-state index contributed by atoms with van der Waals surface area (Å²) in [7, 11) is 0. The Morgan fingerprint density at radius 3 is 2.71 bits per heavy atom. The van der Waals surface area contributed by atoms with Gasteiger partial charge in [-0.15, -0.1) is 0 Å². The minimum absolute atomic E-state index is 0.261. The van der Waals surface area contributed by atoms with Gasteiger partial charge in [-0.3, -0.25) is 4.79 Å². The largest absolute Gasteiger partial charge is 0.353 e. The van der Waals surface area contributed by atoms with Gasteiger partial charge in [-0.2, -0.15) is 0 Å². The maximum Gasteiger partial charge on any atom is 0.223 e. The van der Waals surface area contributed by atoms with E-state index in [4.69, 9.17) is 0 Å². The Hall–Kier alpha value is -0.830. The van der Waals surface area contributed by atoms with Crippen molar-refractivity contribution >= 4 is 5.91 Å². The molecule has 2 bridgehead atoms. The molecule has 1 amide bonds. The molecule has 0 aromatic rings. The van der Waals surface area contributed by atoms with Gasteiger partial charge >= 0.3 is 0 Å². The Morgan fingerprint density at radius 1 is 1.14 bits per heavy atom. The molecule has 1 saturated heterocycles. The van der Waals surface area contributed by atoms with Crippen LogP contribution in [0.5, 0.6) is 0 Å². The van der Waals surface area contributed by atoms with Crippen molar-refractivity contribution in [1.29, 1.82) is 0 Å². The lowest BCUT2D eigenvalue weighted by Crippen LogP contribution is -2.57. The number of carbonyl (C=O) groups is 1. The summed E-state index contributed by atoms with van der Waals surface area (Å²) >= 11 is 0. The molecule has 3 heteroatoms. The monoisotopic (exact) mass is 288 g/mol. The van der Waals surface area contributed by atoms with Gasteiger partial charge < -0.3 is 10.6 Å². The van der Waals surface area contributed by atoms with E-state index in [9.17, 15) is 4.79 Å². The highest BCUT2D eigenvalue weighted by molar-refractivity contribution is 5.80. The average Bonchev–Trinajstić information content (AvgIpc) is 3.11. The van der Waals surface area contributed by atoms with E-state index in [0.29, 0.717) is 29.3 Å². The van der Waals surface area contributed by atoms with Crippen LogP contribution >= 0.6 is 0 Å². The first-order valence-corrected chi connectivity index (χ1v) is 8.98. The fourth-order valence-electron chi connectivity index (χ4n) is 5.28. The lowest BCUT2D eigenvalue weighted by Gasteiger charge is -2.45. The van der Waals surface area contributed by atoms with Crippen molar-refractivity contribution in [2.75, 3.05) is 6.54 Å². The second kappa shape index (κ2) is 5.42. The molecule has 3 nitrogen and oxygen atoms in total. The van der Waals surface area contributed by atoms with Crippen LogP contribution in [0.4, 0.5) is 0 Å². The van der Waals surface area contributed by atoms with Crippen LogP contribution in [0.15, 0.2) is 12.2 Å². The van der Waals surface area contributed by atoms with Gasteiger partial charge in [0.2, 0.25) is 5.91 Å². The van der Waals surface area contributed by atoms with E-state index >= 15 is 0 Å². The van der Waals surface area contributed by atoms with E-state index in [2.05, 4.69) is 22.8 Å². The van der Waals surface area contributed by atoms with Crippen LogP contribution in [-0.2, 0) is 4.79 Å². The standard InChI is InChI=1S/C18H28N2O/c21-17(16-11-13-4-5-14(16)10-13)20-15-6-9-19-18(12-15)7-2-1-3-8-18/h4-5,13-16,19H,1-3,6-12H2,(H,20,21). The topological polar surface area (TPSA) is 41.1 Å². The zero-order chi connectivity index (χ0) is 14.3. The highest BCUT2D eigenvalue weighted by Gasteiger charge is 2.42. The first-order valence-electron chi connectivity index (χ1n) is 8.98. The van der Waals surface area contributed by atoms with Gasteiger partial charge in [-0.25, -0.2) is 0 Å². The van der Waals surface area contributed by atoms with Crippen molar-refractivity contribution < 1.29 is 4.79 Å². The van der Waals surface area contributed by atoms with Gasteiger partial charge in [0.1, 0.15) is 0 Å². The highest BCUT2D eigenvalue weighted by atomic mass is 16.2. The third kappa shape index (κ3) is 2.65. The third-order valence-electron chi connectivity index (χ3n) is 6.40. The Morgan fingerprint density at radius 2 is 2.00 bits per heavy atom. The van der Waals surface area contributed by atoms with E-state index in [1.165, 1.54) is 38.5 Å². The van der Waals surface area contributed by atoms with E-state index in [1.807, 2.05) is 0 Å². The van der Waals surface area contributed by atoms with Crippen molar-refractivity contribution in [3.05, 3.63) is 12.2 Å². The Balaban J connectivity index is 1.36. The number of nitrogens with one attached hydrogen (secondary N) is 2. The number of amides is 1. The molecule has 4 aliphatic rings. The van der Waals surface area contributed by atoms with E-state index in [-0.39, 0.29) is 5.92 Å². The minimum atomic E-state index is 0.261. The molecule has 2 N–H and O–H groups in total. The molecule has 3 fully saturated rings. The van der Waals surface area contributed by atoms with Crippen LogP contribution in [0, 0.1) is 17.8 Å². The van der Waals surface area contributed by atoms with Crippen molar-refractivity contribution in [2.24, 2.45) is 17.8 Å². The maximum absolute atomic E-state index is 12.6. The summed E-state index contributed by atoms with van der Waals surface area (Å²) in [6.45, 7) is 1.07. The van der Waals surface area contributed by atoms with Crippen LogP contribution in [0.1, 0.15) is 57.8 Å². The number of allylic oxidation sites excluding steroid dienone is 2. The molecule has 0 radical (unpaired) electrons. The first kappa shape index (κ1) is 13.8. The summed E-state index contributed by atoms with van der Waals surface area (Å²) < 4.78 is 0. The Labute approximate surface area is 127 Å². The molecule has 4 unspecified atom stereocenters. The highest BCUT2D eigenvalue weighted by Crippen LogP contribution is 2.43. The van der Waals surface area contributed by atoms with Crippen LogP contribution in [0.2, 0.25) is 0 Å². The number of hydrogen-bond acceptors (Lipinski definition) is 2. The van der Waals surface area contributed by atoms with Crippen LogP contribution in [0.25, 0.3) is 0 Å². The second-order valence-electron chi connectivity index (χ2n) is 7.85. The molecule has 1 heterocycles. The van der Waals surface area contributed by atoms with Crippen molar-refractivity contribution in [2.45, 2.75) is 69.4 Å². The van der Waals surface area contributed by atoms with Gasteiger partial charge in [0.15, 0.2) is 0 Å². The molecular formula is C18H28N2O. The number of fused-ring (bicyclic) bond motifs is 2. The molecule has 116 valence electrons. The summed E-state index contributed by atoms with van der Waals surface area (Å²) in [6.07, 6.45) is 15.8. The van der Waals surface area contributed by atoms with Crippen molar-refractivity contribution in [3.63, 3.8) is 0 Å². The first-order chi connectivity index (χ1) is 10.2. The second-order valence-corrected chi connectivity index (χ2v) is 7.85. The van der Waals surface area contributed by atoms with Crippen molar-refractivity contribution in [3.8, 4) is 0 Å². The lowest BCUT2D eigenvalue weighted by molar-refractivity contribution is -0.126. The quantitative estimate of drug-likeness (QED) is 0.767. The van der Waals surface area contributed by atoms with E-state index in [1.54, 1.807) is 0 Å². The number of carbonyl (C=O) groups excluding carboxylic acids is 1.